The molecule has 0 radical (unpaired) electrons. The lowest BCUT2D eigenvalue weighted by Gasteiger charge is -2.47. The highest BCUT2D eigenvalue weighted by Gasteiger charge is 2.52. The van der Waals surface area contributed by atoms with E-state index in [1.807, 2.05) is 0 Å². The average Bonchev–Trinajstić information content (AvgIpc) is 2.91. The van der Waals surface area contributed by atoms with Gasteiger partial charge in [0.1, 0.15) is 73.2 Å². The Hall–Kier alpha value is -0.680. The second kappa shape index (κ2) is 13.1. The number of aliphatic hydroxyl groups excluding tert-OH is 9. The van der Waals surface area contributed by atoms with Crippen molar-refractivity contribution in [3.8, 4) is 0 Å². The van der Waals surface area contributed by atoms with E-state index in [2.05, 4.69) is 0 Å². The van der Waals surface area contributed by atoms with Gasteiger partial charge in [-0.2, -0.15) is 0 Å². The summed E-state index contributed by atoms with van der Waals surface area (Å²) in [6.07, 6.45) is -24.4. The van der Waals surface area contributed by atoms with Crippen molar-refractivity contribution in [3.05, 3.63) is 0 Å². The highest BCUT2D eigenvalue weighted by Crippen LogP contribution is 2.31. The Kier molecular flexibility index (Phi) is 10.5. The van der Waals surface area contributed by atoms with E-state index < -0.39 is 111 Å². The maximum absolute atomic E-state index is 10.8. The molecule has 0 aliphatic carbocycles. The normalized spacial score (nSPS) is 53.5. The molecule has 228 valence electrons. The van der Waals surface area contributed by atoms with E-state index in [1.165, 1.54) is 14.0 Å². The first kappa shape index (κ1) is 31.3. The van der Waals surface area contributed by atoms with Gasteiger partial charge in [0.05, 0.1) is 25.9 Å². The molecule has 9 N–H and O–H groups in total. The molecule has 4 rings (SSSR count). The Morgan fingerprint density at radius 2 is 0.974 bits per heavy atom. The van der Waals surface area contributed by atoms with Crippen molar-refractivity contribution in [1.82, 2.24) is 0 Å². The Morgan fingerprint density at radius 1 is 0.487 bits per heavy atom. The quantitative estimate of drug-likeness (QED) is 0.137. The maximum atomic E-state index is 10.8. The molecule has 0 aromatic rings. The standard InChI is InChI=1S/C22H38O17/c1-6-16(12(28)14(30)21(36-6)39-18-11(27)8(24)4-35-22(18)32-2)37-20-15(31)17(9(25)5-34-20)38-19-13(29)10(26)7(23)3-33-19/h6-31H,3-5H2,1-2H3/t6-,7+,8-,9+,10-,11-,12-,13+,14+,15+,16-,17-,18+,19-,20-,21-,22+/m0/s1. The first-order valence-corrected chi connectivity index (χ1v) is 12.6. The SMILES string of the molecule is CO[C@@H]1OC[C@H](O)[C@H](O)[C@H]1O[C@@H]1O[C@@H](C)[C@H](O[C@@H]2OC[C@@H](O)[C@H](O[C@@H]3OC[C@@H](O)[C@H](O)[C@H]3O)[C@H]2O)[C@@H](O)[C@H]1O. The van der Waals surface area contributed by atoms with E-state index >= 15 is 0 Å². The number of hydrogen-bond donors (Lipinski definition) is 9. The largest absolute Gasteiger partial charge is 0.388 e. The number of aliphatic hydroxyl groups is 9. The van der Waals surface area contributed by atoms with Crippen LogP contribution in [0.5, 0.6) is 0 Å². The van der Waals surface area contributed by atoms with Crippen molar-refractivity contribution in [1.29, 1.82) is 0 Å². The summed E-state index contributed by atoms with van der Waals surface area (Å²) in [5.41, 5.74) is 0. The van der Waals surface area contributed by atoms with E-state index in [4.69, 9.17) is 37.9 Å². The summed E-state index contributed by atoms with van der Waals surface area (Å²) in [6, 6.07) is 0. The molecule has 0 bridgehead atoms. The molecule has 0 aromatic heterocycles. The number of ether oxygens (including phenoxy) is 8. The molecule has 39 heavy (non-hydrogen) atoms. The van der Waals surface area contributed by atoms with Crippen molar-refractivity contribution in [3.63, 3.8) is 0 Å². The van der Waals surface area contributed by atoms with Gasteiger partial charge < -0.3 is 83.9 Å². The third-order valence-corrected chi connectivity index (χ3v) is 7.19. The monoisotopic (exact) mass is 574 g/mol. The van der Waals surface area contributed by atoms with Crippen molar-refractivity contribution >= 4 is 0 Å². The molecule has 17 nitrogen and oxygen atoms in total. The summed E-state index contributed by atoms with van der Waals surface area (Å²) in [7, 11) is 1.29. The van der Waals surface area contributed by atoms with Crippen LogP contribution in [0.15, 0.2) is 0 Å². The molecule has 17 heteroatoms. The summed E-state index contributed by atoms with van der Waals surface area (Å²) in [5, 5.41) is 92.4. The lowest BCUT2D eigenvalue weighted by Crippen LogP contribution is -2.64. The number of hydrogen-bond acceptors (Lipinski definition) is 17. The number of rotatable bonds is 7. The lowest BCUT2D eigenvalue weighted by atomic mass is 9.98. The van der Waals surface area contributed by atoms with Gasteiger partial charge in [0, 0.05) is 7.11 Å². The van der Waals surface area contributed by atoms with Crippen LogP contribution in [-0.2, 0) is 37.9 Å². The molecule has 0 saturated carbocycles. The molecule has 0 amide bonds. The van der Waals surface area contributed by atoms with Crippen LogP contribution in [0.1, 0.15) is 6.92 Å². The molecule has 0 spiro atoms. The molecule has 4 aliphatic heterocycles. The van der Waals surface area contributed by atoms with Gasteiger partial charge in [0.2, 0.25) is 0 Å². The van der Waals surface area contributed by atoms with Crippen molar-refractivity contribution < 1.29 is 83.9 Å². The molecular formula is C22H38O17. The molecule has 4 saturated heterocycles. The fraction of sp³-hybridized carbons (Fsp3) is 1.00. The smallest absolute Gasteiger partial charge is 0.187 e. The van der Waals surface area contributed by atoms with Crippen LogP contribution in [-0.4, -0.2) is 177 Å². The highest BCUT2D eigenvalue weighted by atomic mass is 16.8. The molecule has 4 fully saturated rings. The zero-order chi connectivity index (χ0) is 28.6. The Labute approximate surface area is 222 Å². The van der Waals surface area contributed by atoms with E-state index in [9.17, 15) is 46.0 Å². The summed E-state index contributed by atoms with van der Waals surface area (Å²) in [5.74, 6) is 0. The number of methoxy groups -OCH3 is 1. The Morgan fingerprint density at radius 3 is 1.62 bits per heavy atom. The Balaban J connectivity index is 1.38. The molecule has 0 aromatic carbocycles. The minimum absolute atomic E-state index is 0.208. The summed E-state index contributed by atoms with van der Waals surface area (Å²) in [4.78, 5) is 0. The van der Waals surface area contributed by atoms with Gasteiger partial charge in [-0.3, -0.25) is 0 Å². The van der Waals surface area contributed by atoms with E-state index in [0.29, 0.717) is 0 Å². The molecule has 4 aliphatic rings. The van der Waals surface area contributed by atoms with Crippen LogP contribution >= 0.6 is 0 Å². The van der Waals surface area contributed by atoms with Crippen LogP contribution in [0.25, 0.3) is 0 Å². The zero-order valence-corrected chi connectivity index (χ0v) is 21.2. The van der Waals surface area contributed by atoms with E-state index in [1.54, 1.807) is 0 Å². The van der Waals surface area contributed by atoms with Gasteiger partial charge in [0.15, 0.2) is 25.2 Å². The molecule has 0 unspecified atom stereocenters. The van der Waals surface area contributed by atoms with Crippen LogP contribution in [0.3, 0.4) is 0 Å². The topological polar surface area (TPSA) is 256 Å². The minimum atomic E-state index is -1.73. The Bertz CT molecular complexity index is 775. The second-order valence-corrected chi connectivity index (χ2v) is 10.00. The van der Waals surface area contributed by atoms with Crippen LogP contribution < -0.4 is 0 Å². The van der Waals surface area contributed by atoms with Gasteiger partial charge in [-0.15, -0.1) is 0 Å². The molecule has 4 heterocycles. The summed E-state index contributed by atoms with van der Waals surface area (Å²) in [6.45, 7) is 0.507. The second-order valence-electron chi connectivity index (χ2n) is 10.00. The van der Waals surface area contributed by atoms with Gasteiger partial charge in [0.25, 0.3) is 0 Å². The van der Waals surface area contributed by atoms with Crippen molar-refractivity contribution in [2.75, 3.05) is 26.9 Å². The van der Waals surface area contributed by atoms with Gasteiger partial charge >= 0.3 is 0 Å². The zero-order valence-electron chi connectivity index (χ0n) is 21.2. The van der Waals surface area contributed by atoms with Crippen molar-refractivity contribution in [2.24, 2.45) is 0 Å². The average molecular weight is 575 g/mol. The first-order chi connectivity index (χ1) is 18.4. The summed E-state index contributed by atoms with van der Waals surface area (Å²) >= 11 is 0. The predicted molar refractivity (Wildman–Crippen MR) is 119 cm³/mol. The summed E-state index contributed by atoms with van der Waals surface area (Å²) < 4.78 is 43.4. The van der Waals surface area contributed by atoms with Gasteiger partial charge in [-0.1, -0.05) is 0 Å². The minimum Gasteiger partial charge on any atom is -0.388 e. The first-order valence-electron chi connectivity index (χ1n) is 12.6. The van der Waals surface area contributed by atoms with E-state index in [-0.39, 0.29) is 13.2 Å². The maximum Gasteiger partial charge on any atom is 0.187 e. The lowest BCUT2D eigenvalue weighted by molar-refractivity contribution is -0.375. The van der Waals surface area contributed by atoms with Crippen LogP contribution in [0, 0.1) is 0 Å². The van der Waals surface area contributed by atoms with Crippen LogP contribution in [0.4, 0.5) is 0 Å². The van der Waals surface area contributed by atoms with Crippen molar-refractivity contribution in [2.45, 2.75) is 111 Å². The third-order valence-electron chi connectivity index (χ3n) is 7.19. The molecular weight excluding hydrogens is 536 g/mol. The molecule has 17 atom stereocenters. The fourth-order valence-electron chi connectivity index (χ4n) is 4.84. The van der Waals surface area contributed by atoms with E-state index in [0.717, 1.165) is 0 Å². The predicted octanol–water partition coefficient (Wildman–Crippen LogP) is -6.15. The van der Waals surface area contributed by atoms with Gasteiger partial charge in [-0.05, 0) is 6.92 Å². The highest BCUT2D eigenvalue weighted by molar-refractivity contribution is 4.94. The van der Waals surface area contributed by atoms with Gasteiger partial charge in [-0.25, -0.2) is 0 Å². The fourth-order valence-corrected chi connectivity index (χ4v) is 4.84. The van der Waals surface area contributed by atoms with Crippen LogP contribution in [0.2, 0.25) is 0 Å². The third kappa shape index (κ3) is 6.55.